The van der Waals surface area contributed by atoms with E-state index >= 15 is 0 Å². The fraction of sp³-hybridized carbons (Fsp3) is 0.467. The van der Waals surface area contributed by atoms with Crippen molar-refractivity contribution in [1.82, 2.24) is 10.2 Å². The first-order chi connectivity index (χ1) is 9.56. The molecule has 1 atom stereocenters. The number of amides is 2. The molecule has 3 N–H and O–H groups in total. The van der Waals surface area contributed by atoms with Gasteiger partial charge in [0.05, 0.1) is 0 Å². The molecule has 1 aliphatic rings. The van der Waals surface area contributed by atoms with E-state index in [0.717, 1.165) is 11.3 Å². The van der Waals surface area contributed by atoms with Crippen LogP contribution in [0.25, 0.3) is 0 Å². The molecule has 1 aromatic carbocycles. The molecule has 20 heavy (non-hydrogen) atoms. The molecule has 1 saturated heterocycles. The van der Waals surface area contributed by atoms with Gasteiger partial charge in [0.25, 0.3) is 0 Å². The fourth-order valence-corrected chi connectivity index (χ4v) is 2.35. The number of carbonyl (C=O) groups excluding carboxylic acids is 2. The lowest BCUT2D eigenvalue weighted by Crippen LogP contribution is -2.34. The summed E-state index contributed by atoms with van der Waals surface area (Å²) in [6, 6.07) is 7.62. The number of hydrogen-bond acceptors (Lipinski definition) is 3. The Morgan fingerprint density at radius 3 is 2.75 bits per heavy atom. The lowest BCUT2D eigenvalue weighted by molar-refractivity contribution is -0.131. The molecule has 2 rings (SSSR count). The maximum absolute atomic E-state index is 12.3. The number of nitrogens with zero attached hydrogens (tertiary/aromatic N) is 1. The van der Waals surface area contributed by atoms with Crippen molar-refractivity contribution in [2.45, 2.75) is 25.7 Å². The zero-order valence-electron chi connectivity index (χ0n) is 11.8. The van der Waals surface area contributed by atoms with Gasteiger partial charge in [-0.25, -0.2) is 0 Å². The van der Waals surface area contributed by atoms with Crippen molar-refractivity contribution >= 4 is 17.5 Å². The monoisotopic (exact) mass is 275 g/mol. The van der Waals surface area contributed by atoms with Crippen molar-refractivity contribution in [3.8, 4) is 0 Å². The lowest BCUT2D eigenvalue weighted by Gasteiger charge is -2.21. The Morgan fingerprint density at radius 1 is 1.35 bits per heavy atom. The molecule has 5 heteroatoms. The molecule has 0 aliphatic carbocycles. The highest BCUT2D eigenvalue weighted by atomic mass is 16.2. The van der Waals surface area contributed by atoms with Gasteiger partial charge in [0.15, 0.2) is 0 Å². The zero-order chi connectivity index (χ0) is 14.5. The third-order valence-corrected chi connectivity index (χ3v) is 3.65. The second-order valence-electron chi connectivity index (χ2n) is 5.25. The van der Waals surface area contributed by atoms with Gasteiger partial charge in [-0.05, 0) is 23.6 Å². The van der Waals surface area contributed by atoms with E-state index in [0.29, 0.717) is 32.5 Å². The van der Waals surface area contributed by atoms with Crippen LogP contribution in [0.4, 0.5) is 5.69 Å². The van der Waals surface area contributed by atoms with Gasteiger partial charge in [-0.1, -0.05) is 19.1 Å². The van der Waals surface area contributed by atoms with E-state index in [1.165, 1.54) is 0 Å². The maximum Gasteiger partial charge on any atom is 0.223 e. The van der Waals surface area contributed by atoms with Crippen molar-refractivity contribution in [2.75, 3.05) is 25.4 Å². The van der Waals surface area contributed by atoms with E-state index in [1.807, 2.05) is 31.2 Å². The first-order valence-electron chi connectivity index (χ1n) is 6.96. The first kappa shape index (κ1) is 14.4. The summed E-state index contributed by atoms with van der Waals surface area (Å²) in [7, 11) is 0. The molecule has 0 radical (unpaired) electrons. The van der Waals surface area contributed by atoms with E-state index in [4.69, 9.17) is 5.73 Å². The number of hydrogen-bond donors (Lipinski definition) is 2. The van der Waals surface area contributed by atoms with Crippen LogP contribution in [0, 0.1) is 0 Å². The Labute approximate surface area is 119 Å². The van der Waals surface area contributed by atoms with Crippen LogP contribution < -0.4 is 11.1 Å². The predicted molar refractivity (Wildman–Crippen MR) is 78.1 cm³/mol. The summed E-state index contributed by atoms with van der Waals surface area (Å²) in [5, 5.41) is 2.77. The number of nitrogen functional groups attached to an aromatic ring is 1. The van der Waals surface area contributed by atoms with Crippen LogP contribution in [0.15, 0.2) is 24.3 Å². The highest BCUT2D eigenvalue weighted by molar-refractivity contribution is 5.80. The van der Waals surface area contributed by atoms with E-state index in [-0.39, 0.29) is 17.7 Å². The summed E-state index contributed by atoms with van der Waals surface area (Å²) >= 11 is 0. The van der Waals surface area contributed by atoms with Gasteiger partial charge in [-0.3, -0.25) is 9.59 Å². The topological polar surface area (TPSA) is 75.4 Å². The Morgan fingerprint density at radius 2 is 2.05 bits per heavy atom. The molecule has 1 unspecified atom stereocenters. The molecule has 0 spiro atoms. The molecule has 1 aliphatic heterocycles. The molecule has 108 valence electrons. The summed E-state index contributed by atoms with van der Waals surface area (Å²) in [5.74, 6) is 0.271. The molecule has 0 bridgehead atoms. The standard InChI is InChI=1S/C15H21N3O2/c1-11(12-2-4-13(16)5-3-12)10-15(20)18-8-6-14(19)17-7-9-18/h2-5,11H,6-10,16H2,1H3,(H,17,19). The number of nitrogens with one attached hydrogen (secondary N) is 1. The molecule has 2 amide bonds. The second-order valence-corrected chi connectivity index (χ2v) is 5.25. The summed E-state index contributed by atoms with van der Waals surface area (Å²) in [6.07, 6.45) is 0.847. The average Bonchev–Trinajstić information content (AvgIpc) is 2.64. The lowest BCUT2D eigenvalue weighted by atomic mass is 9.97. The van der Waals surface area contributed by atoms with Gasteiger partial charge in [0.1, 0.15) is 0 Å². The van der Waals surface area contributed by atoms with Gasteiger partial charge < -0.3 is 16.0 Å². The average molecular weight is 275 g/mol. The van der Waals surface area contributed by atoms with Crippen LogP contribution in [0.1, 0.15) is 31.2 Å². The Kier molecular flexibility index (Phi) is 4.61. The molecule has 0 aromatic heterocycles. The number of benzene rings is 1. The van der Waals surface area contributed by atoms with Crippen LogP contribution in [-0.4, -0.2) is 36.3 Å². The quantitative estimate of drug-likeness (QED) is 0.811. The first-order valence-corrected chi connectivity index (χ1v) is 6.96. The summed E-state index contributed by atoms with van der Waals surface area (Å²) < 4.78 is 0. The van der Waals surface area contributed by atoms with Crippen LogP contribution in [0.3, 0.4) is 0 Å². The molecule has 5 nitrogen and oxygen atoms in total. The minimum absolute atomic E-state index is 0.0203. The Balaban J connectivity index is 1.93. The highest BCUT2D eigenvalue weighted by Crippen LogP contribution is 2.21. The van der Waals surface area contributed by atoms with Gasteiger partial charge in [-0.15, -0.1) is 0 Å². The van der Waals surface area contributed by atoms with Crippen LogP contribution in [-0.2, 0) is 9.59 Å². The van der Waals surface area contributed by atoms with Crippen molar-refractivity contribution in [2.24, 2.45) is 0 Å². The highest BCUT2D eigenvalue weighted by Gasteiger charge is 2.20. The van der Waals surface area contributed by atoms with Gasteiger partial charge >= 0.3 is 0 Å². The number of rotatable bonds is 3. The van der Waals surface area contributed by atoms with Gasteiger partial charge in [0.2, 0.25) is 11.8 Å². The van der Waals surface area contributed by atoms with Crippen molar-refractivity contribution < 1.29 is 9.59 Å². The van der Waals surface area contributed by atoms with Gasteiger partial charge in [0, 0.05) is 38.2 Å². The summed E-state index contributed by atoms with van der Waals surface area (Å²) in [6.45, 7) is 3.68. The SMILES string of the molecule is CC(CC(=O)N1CCNC(=O)CC1)c1ccc(N)cc1. The Bertz CT molecular complexity index is 484. The zero-order valence-corrected chi connectivity index (χ0v) is 11.8. The molecule has 1 aromatic rings. The maximum atomic E-state index is 12.3. The molecule has 0 saturated carbocycles. The van der Waals surface area contributed by atoms with Crippen LogP contribution in [0.5, 0.6) is 0 Å². The van der Waals surface area contributed by atoms with Crippen molar-refractivity contribution in [3.63, 3.8) is 0 Å². The number of carbonyl (C=O) groups is 2. The minimum atomic E-state index is 0.0203. The van der Waals surface area contributed by atoms with Crippen LogP contribution >= 0.6 is 0 Å². The molecule has 1 fully saturated rings. The molecule has 1 heterocycles. The van der Waals surface area contributed by atoms with E-state index in [2.05, 4.69) is 5.32 Å². The summed E-state index contributed by atoms with van der Waals surface area (Å²) in [4.78, 5) is 25.3. The van der Waals surface area contributed by atoms with Crippen molar-refractivity contribution in [3.05, 3.63) is 29.8 Å². The number of nitrogens with two attached hydrogens (primary N) is 1. The number of anilines is 1. The minimum Gasteiger partial charge on any atom is -0.399 e. The van der Waals surface area contributed by atoms with E-state index in [9.17, 15) is 9.59 Å². The van der Waals surface area contributed by atoms with Gasteiger partial charge in [-0.2, -0.15) is 0 Å². The third kappa shape index (κ3) is 3.73. The summed E-state index contributed by atoms with van der Waals surface area (Å²) in [5.41, 5.74) is 7.50. The van der Waals surface area contributed by atoms with E-state index < -0.39 is 0 Å². The van der Waals surface area contributed by atoms with Crippen molar-refractivity contribution in [1.29, 1.82) is 0 Å². The van der Waals surface area contributed by atoms with Crippen LogP contribution in [0.2, 0.25) is 0 Å². The van der Waals surface area contributed by atoms with E-state index in [1.54, 1.807) is 4.90 Å². The largest absolute Gasteiger partial charge is 0.399 e. The predicted octanol–water partition coefficient (Wildman–Crippen LogP) is 1.11. The smallest absolute Gasteiger partial charge is 0.223 e. The Hall–Kier alpha value is -2.04. The second kappa shape index (κ2) is 6.41. The third-order valence-electron chi connectivity index (χ3n) is 3.65. The normalized spacial score (nSPS) is 17.2. The molecular weight excluding hydrogens is 254 g/mol. The fourth-order valence-electron chi connectivity index (χ4n) is 2.35. The molecular formula is C15H21N3O2.